The van der Waals surface area contributed by atoms with Crippen LogP contribution in [0.15, 0.2) is 42.0 Å². The maximum atomic E-state index is 13.3. The van der Waals surface area contributed by atoms with Gasteiger partial charge in [0.2, 0.25) is 0 Å². The van der Waals surface area contributed by atoms with Gasteiger partial charge in [0.25, 0.3) is 17.7 Å². The summed E-state index contributed by atoms with van der Waals surface area (Å²) in [6, 6.07) is 8.33. The zero-order chi connectivity index (χ0) is 26.2. The summed E-state index contributed by atoms with van der Waals surface area (Å²) in [5.74, 6) is -0.968. The van der Waals surface area contributed by atoms with Crippen LogP contribution in [0.4, 0.5) is 10.5 Å². The normalized spacial score (nSPS) is 14.5. The zero-order valence-corrected chi connectivity index (χ0v) is 20.2. The zero-order valence-electron chi connectivity index (χ0n) is 20.2. The summed E-state index contributed by atoms with van der Waals surface area (Å²) in [6.07, 6.45) is 2.12. The van der Waals surface area contributed by atoms with E-state index in [-0.39, 0.29) is 29.4 Å². The van der Waals surface area contributed by atoms with Gasteiger partial charge in [0.05, 0.1) is 26.0 Å². The molecule has 0 spiro atoms. The molecule has 0 aromatic heterocycles. The predicted molar refractivity (Wildman–Crippen MR) is 130 cm³/mol. The Morgan fingerprint density at radius 2 is 1.69 bits per heavy atom. The van der Waals surface area contributed by atoms with E-state index in [1.807, 2.05) is 6.92 Å². The number of hydrogen-bond donors (Lipinski definition) is 2. The van der Waals surface area contributed by atoms with Crippen molar-refractivity contribution in [3.05, 3.63) is 47.5 Å². The van der Waals surface area contributed by atoms with Crippen LogP contribution in [0.2, 0.25) is 0 Å². The summed E-state index contributed by atoms with van der Waals surface area (Å²) < 4.78 is 21.8. The number of carbonyl (C=O) groups excluding carboxylic acids is 4. The van der Waals surface area contributed by atoms with Gasteiger partial charge in [0.15, 0.2) is 29.6 Å². The van der Waals surface area contributed by atoms with E-state index in [1.54, 1.807) is 19.1 Å². The van der Waals surface area contributed by atoms with Crippen LogP contribution in [-0.4, -0.2) is 50.7 Å². The van der Waals surface area contributed by atoms with Crippen LogP contribution in [0.5, 0.6) is 23.0 Å². The molecule has 0 saturated carbocycles. The van der Waals surface area contributed by atoms with Crippen molar-refractivity contribution in [2.75, 3.05) is 31.8 Å². The van der Waals surface area contributed by atoms with Crippen LogP contribution < -0.4 is 34.9 Å². The van der Waals surface area contributed by atoms with Crippen molar-refractivity contribution in [1.82, 2.24) is 5.32 Å². The Labute approximate surface area is 207 Å². The Kier molecular flexibility index (Phi) is 8.50. The lowest BCUT2D eigenvalue weighted by Crippen LogP contribution is -2.54. The highest BCUT2D eigenvalue weighted by Crippen LogP contribution is 2.34. The minimum Gasteiger partial charge on any atom is -0.493 e. The fourth-order valence-corrected chi connectivity index (χ4v) is 3.34. The molecular formula is C25H27N3O8. The average Bonchev–Trinajstić information content (AvgIpc) is 2.85. The Balaban J connectivity index is 1.95. The summed E-state index contributed by atoms with van der Waals surface area (Å²) in [6.45, 7) is 4.15. The molecule has 0 atom stereocenters. The summed E-state index contributed by atoms with van der Waals surface area (Å²) in [7, 11) is 1.44. The number of imide groups is 2. The van der Waals surface area contributed by atoms with Crippen LogP contribution in [0, 0.1) is 0 Å². The number of carbonyl (C=O) groups is 4. The van der Waals surface area contributed by atoms with E-state index in [1.165, 1.54) is 37.5 Å². The quantitative estimate of drug-likeness (QED) is 0.355. The number of nitrogens with one attached hydrogen (secondary N) is 1. The molecule has 0 bridgehead atoms. The van der Waals surface area contributed by atoms with Crippen LogP contribution in [0.25, 0.3) is 6.08 Å². The van der Waals surface area contributed by atoms with Gasteiger partial charge >= 0.3 is 6.03 Å². The lowest BCUT2D eigenvalue weighted by molar-refractivity contribution is -0.123. The maximum absolute atomic E-state index is 13.3. The van der Waals surface area contributed by atoms with Crippen molar-refractivity contribution >= 4 is 35.5 Å². The minimum atomic E-state index is -0.892. The van der Waals surface area contributed by atoms with Gasteiger partial charge in [-0.2, -0.15) is 0 Å². The predicted octanol–water partition coefficient (Wildman–Crippen LogP) is 2.41. The third kappa shape index (κ3) is 5.93. The lowest BCUT2D eigenvalue weighted by atomic mass is 10.1. The number of nitrogens with two attached hydrogens (primary N) is 1. The third-order valence-corrected chi connectivity index (χ3v) is 4.92. The largest absolute Gasteiger partial charge is 0.493 e. The number of ether oxygens (including phenoxy) is 4. The monoisotopic (exact) mass is 497 g/mol. The first-order valence-corrected chi connectivity index (χ1v) is 11.2. The number of hydrogen-bond acceptors (Lipinski definition) is 8. The molecule has 1 aliphatic heterocycles. The molecule has 1 saturated heterocycles. The van der Waals surface area contributed by atoms with Crippen LogP contribution in [0.3, 0.4) is 0 Å². The summed E-state index contributed by atoms with van der Waals surface area (Å²) in [5.41, 5.74) is 5.48. The number of benzene rings is 2. The Morgan fingerprint density at radius 1 is 0.972 bits per heavy atom. The first-order valence-electron chi connectivity index (χ1n) is 11.2. The van der Waals surface area contributed by atoms with Gasteiger partial charge in [0.1, 0.15) is 5.57 Å². The number of anilines is 1. The van der Waals surface area contributed by atoms with E-state index in [0.29, 0.717) is 30.3 Å². The Morgan fingerprint density at radius 3 is 2.36 bits per heavy atom. The van der Waals surface area contributed by atoms with E-state index < -0.39 is 23.8 Å². The van der Waals surface area contributed by atoms with Crippen molar-refractivity contribution in [3.63, 3.8) is 0 Å². The van der Waals surface area contributed by atoms with Gasteiger partial charge in [-0.3, -0.25) is 19.7 Å². The topological polar surface area (TPSA) is 146 Å². The minimum absolute atomic E-state index is 0.196. The molecule has 3 N–H and O–H groups in total. The lowest BCUT2D eigenvalue weighted by Gasteiger charge is -2.27. The van der Waals surface area contributed by atoms with Gasteiger partial charge in [0, 0.05) is 6.07 Å². The van der Waals surface area contributed by atoms with Crippen LogP contribution in [0.1, 0.15) is 25.8 Å². The SMILES string of the molecule is CCCOc1ccc(N2C(=O)NC(=O)/C(=C\c3ccc(OCC(N)=O)c(OCC)c3)C2=O)cc1OC. The second-order valence-electron chi connectivity index (χ2n) is 7.54. The van der Waals surface area contributed by atoms with Crippen LogP contribution in [-0.2, 0) is 14.4 Å². The summed E-state index contributed by atoms with van der Waals surface area (Å²) in [5, 5.41) is 2.18. The fourth-order valence-electron chi connectivity index (χ4n) is 3.34. The molecule has 1 aliphatic rings. The molecule has 190 valence electrons. The molecule has 0 unspecified atom stereocenters. The van der Waals surface area contributed by atoms with E-state index >= 15 is 0 Å². The van der Waals surface area contributed by atoms with Gasteiger partial charge < -0.3 is 24.7 Å². The molecule has 11 nitrogen and oxygen atoms in total. The van der Waals surface area contributed by atoms with Gasteiger partial charge in [-0.05, 0) is 49.2 Å². The van der Waals surface area contributed by atoms with Crippen LogP contribution >= 0.6 is 0 Å². The second kappa shape index (κ2) is 11.7. The number of urea groups is 1. The highest BCUT2D eigenvalue weighted by Gasteiger charge is 2.37. The smallest absolute Gasteiger partial charge is 0.335 e. The number of amides is 5. The molecule has 3 rings (SSSR count). The molecular weight excluding hydrogens is 470 g/mol. The van der Waals surface area contributed by atoms with Crippen molar-refractivity contribution in [3.8, 4) is 23.0 Å². The summed E-state index contributed by atoms with van der Waals surface area (Å²) >= 11 is 0. The molecule has 36 heavy (non-hydrogen) atoms. The maximum Gasteiger partial charge on any atom is 0.335 e. The van der Waals surface area contributed by atoms with Crippen molar-refractivity contribution in [2.45, 2.75) is 20.3 Å². The fraction of sp³-hybridized carbons (Fsp3) is 0.280. The van der Waals surface area contributed by atoms with Gasteiger partial charge in [-0.1, -0.05) is 13.0 Å². The third-order valence-electron chi connectivity index (χ3n) is 4.92. The molecule has 0 aliphatic carbocycles. The Hall–Kier alpha value is -4.54. The van der Waals surface area contributed by atoms with Gasteiger partial charge in [-0.25, -0.2) is 9.69 Å². The highest BCUT2D eigenvalue weighted by atomic mass is 16.5. The molecule has 2 aromatic rings. The number of rotatable bonds is 11. The number of barbiturate groups is 1. The average molecular weight is 498 g/mol. The van der Waals surface area contributed by atoms with E-state index in [9.17, 15) is 19.2 Å². The second-order valence-corrected chi connectivity index (χ2v) is 7.54. The highest BCUT2D eigenvalue weighted by molar-refractivity contribution is 6.39. The molecule has 0 radical (unpaired) electrons. The molecule has 2 aromatic carbocycles. The van der Waals surface area contributed by atoms with E-state index in [2.05, 4.69) is 5.32 Å². The molecule has 11 heteroatoms. The standard InChI is InChI=1S/C25H27N3O8/c1-4-10-35-18-9-7-16(13-20(18)33-3)28-24(31)17(23(30)27-25(28)32)11-15-6-8-19(36-14-22(26)29)21(12-15)34-5-2/h6-9,11-13H,4-5,10,14H2,1-3H3,(H2,26,29)(H,27,30,32)/b17-11+. The number of methoxy groups -OCH3 is 1. The molecule has 1 heterocycles. The van der Waals surface area contributed by atoms with E-state index in [4.69, 9.17) is 24.7 Å². The van der Waals surface area contributed by atoms with Gasteiger partial charge in [-0.15, -0.1) is 0 Å². The first kappa shape index (κ1) is 26.1. The molecule has 1 fully saturated rings. The summed E-state index contributed by atoms with van der Waals surface area (Å²) in [4.78, 5) is 50.3. The first-order chi connectivity index (χ1) is 17.3. The number of nitrogens with zero attached hydrogens (tertiary/aromatic N) is 1. The van der Waals surface area contributed by atoms with E-state index in [0.717, 1.165) is 11.3 Å². The van der Waals surface area contributed by atoms with Crippen molar-refractivity contribution in [1.29, 1.82) is 0 Å². The number of primary amides is 1. The Bertz CT molecular complexity index is 1210. The van der Waals surface area contributed by atoms with Crippen molar-refractivity contribution < 1.29 is 38.1 Å². The molecule has 5 amide bonds. The van der Waals surface area contributed by atoms with Crippen molar-refractivity contribution in [2.24, 2.45) is 5.73 Å².